The minimum Gasteiger partial charge on any atom is -0.462 e. The van der Waals surface area contributed by atoms with Gasteiger partial charge in [0.25, 0.3) is 0 Å². The number of carbonyl (C=O) groups is 1. The Morgan fingerprint density at radius 2 is 1.89 bits per heavy atom. The van der Waals surface area contributed by atoms with Crippen molar-refractivity contribution in [3.63, 3.8) is 0 Å². The van der Waals surface area contributed by atoms with E-state index in [0.29, 0.717) is 18.1 Å². The first kappa shape index (κ1) is 14.7. The van der Waals surface area contributed by atoms with Crippen LogP contribution in [0.3, 0.4) is 0 Å². The fourth-order valence-corrected chi connectivity index (χ4v) is 1.61. The Morgan fingerprint density at radius 3 is 2.44 bits per heavy atom. The topological polar surface area (TPSA) is 26.3 Å². The van der Waals surface area contributed by atoms with Gasteiger partial charge in [0, 0.05) is 0 Å². The van der Waals surface area contributed by atoms with Gasteiger partial charge in [0.2, 0.25) is 0 Å². The lowest BCUT2D eigenvalue weighted by atomic mass is 10.1. The lowest BCUT2D eigenvalue weighted by Crippen LogP contribution is -2.11. The molecule has 2 nitrogen and oxygen atoms in total. The molecule has 0 saturated carbocycles. The van der Waals surface area contributed by atoms with E-state index in [4.69, 9.17) is 4.74 Å². The molecule has 2 heteroatoms. The monoisotopic (exact) mass is 248 g/mol. The average molecular weight is 248 g/mol. The maximum absolute atomic E-state index is 11.8. The number of unbranched alkanes of at least 4 members (excludes halogenated alkanes) is 1. The van der Waals surface area contributed by atoms with Crippen LogP contribution in [0.1, 0.15) is 56.0 Å². The predicted octanol–water partition coefficient (Wildman–Crippen LogP) is 4.23. The highest BCUT2D eigenvalue weighted by Gasteiger charge is 2.08. The van der Waals surface area contributed by atoms with Crippen molar-refractivity contribution in [2.75, 3.05) is 6.61 Å². The van der Waals surface area contributed by atoms with Gasteiger partial charge in [-0.3, -0.25) is 0 Å². The summed E-state index contributed by atoms with van der Waals surface area (Å²) < 4.78 is 5.26. The Kier molecular flexibility index (Phi) is 6.48. The van der Waals surface area contributed by atoms with Crippen molar-refractivity contribution in [2.45, 2.75) is 46.5 Å². The van der Waals surface area contributed by atoms with Crippen molar-refractivity contribution in [1.29, 1.82) is 0 Å². The molecule has 1 atom stereocenters. The fourth-order valence-electron chi connectivity index (χ4n) is 1.61. The summed E-state index contributed by atoms with van der Waals surface area (Å²) in [6.07, 6.45) is 4.50. The Hall–Kier alpha value is -1.31. The molecular weight excluding hydrogens is 224 g/mol. The third-order valence-corrected chi connectivity index (χ3v) is 3.20. The largest absolute Gasteiger partial charge is 0.462 e. The van der Waals surface area contributed by atoms with Crippen molar-refractivity contribution < 1.29 is 9.53 Å². The van der Waals surface area contributed by atoms with Gasteiger partial charge in [-0.1, -0.05) is 45.7 Å². The Bertz CT molecular complexity index is 354. The Labute approximate surface area is 110 Å². The van der Waals surface area contributed by atoms with Gasteiger partial charge in [-0.05, 0) is 36.5 Å². The van der Waals surface area contributed by atoms with Crippen LogP contribution in [0.25, 0.3) is 0 Å². The number of hydrogen-bond acceptors (Lipinski definition) is 2. The zero-order valence-corrected chi connectivity index (χ0v) is 11.7. The standard InChI is InChI=1S/C16H24O2/c1-4-6-7-14-8-10-15(11-9-14)16(17)18-12-13(3)5-2/h8-11,13H,4-7,12H2,1-3H3. The molecule has 1 aromatic rings. The molecule has 0 heterocycles. The highest BCUT2D eigenvalue weighted by molar-refractivity contribution is 5.89. The van der Waals surface area contributed by atoms with Gasteiger partial charge < -0.3 is 4.74 Å². The minimum atomic E-state index is -0.211. The Balaban J connectivity index is 2.48. The molecule has 1 aromatic carbocycles. The maximum atomic E-state index is 11.8. The van der Waals surface area contributed by atoms with E-state index in [1.165, 1.54) is 18.4 Å². The number of hydrogen-bond donors (Lipinski definition) is 0. The van der Waals surface area contributed by atoms with Gasteiger partial charge in [-0.25, -0.2) is 4.79 Å². The maximum Gasteiger partial charge on any atom is 0.338 e. The molecule has 0 amide bonds. The van der Waals surface area contributed by atoms with Crippen LogP contribution >= 0.6 is 0 Å². The molecular formula is C16H24O2. The van der Waals surface area contributed by atoms with E-state index < -0.39 is 0 Å². The van der Waals surface area contributed by atoms with Crippen molar-refractivity contribution in [3.8, 4) is 0 Å². The smallest absolute Gasteiger partial charge is 0.338 e. The van der Waals surface area contributed by atoms with E-state index in [9.17, 15) is 4.79 Å². The molecule has 0 radical (unpaired) electrons. The molecule has 1 unspecified atom stereocenters. The second-order valence-electron chi connectivity index (χ2n) is 4.91. The number of rotatable bonds is 7. The Morgan fingerprint density at radius 1 is 1.22 bits per heavy atom. The molecule has 0 saturated heterocycles. The van der Waals surface area contributed by atoms with Gasteiger partial charge in [0.05, 0.1) is 12.2 Å². The van der Waals surface area contributed by atoms with Gasteiger partial charge in [0.15, 0.2) is 0 Å². The van der Waals surface area contributed by atoms with Gasteiger partial charge in [-0.15, -0.1) is 0 Å². The lowest BCUT2D eigenvalue weighted by molar-refractivity contribution is 0.0447. The molecule has 0 aliphatic heterocycles. The van der Waals surface area contributed by atoms with Crippen molar-refractivity contribution in [1.82, 2.24) is 0 Å². The number of benzene rings is 1. The molecule has 0 N–H and O–H groups in total. The second kappa shape index (κ2) is 7.91. The summed E-state index contributed by atoms with van der Waals surface area (Å²) in [5.74, 6) is 0.218. The van der Waals surface area contributed by atoms with E-state index in [0.717, 1.165) is 12.8 Å². The summed E-state index contributed by atoms with van der Waals surface area (Å²) >= 11 is 0. The minimum absolute atomic E-state index is 0.211. The molecule has 0 aliphatic rings. The zero-order valence-electron chi connectivity index (χ0n) is 11.7. The first-order valence-electron chi connectivity index (χ1n) is 6.93. The highest BCUT2D eigenvalue weighted by Crippen LogP contribution is 2.10. The number of ether oxygens (including phenoxy) is 1. The van der Waals surface area contributed by atoms with Crippen molar-refractivity contribution >= 4 is 5.97 Å². The molecule has 0 aliphatic carbocycles. The van der Waals surface area contributed by atoms with E-state index >= 15 is 0 Å². The van der Waals surface area contributed by atoms with Crippen LogP contribution in [0, 0.1) is 5.92 Å². The van der Waals surface area contributed by atoms with E-state index in [-0.39, 0.29) is 5.97 Å². The van der Waals surface area contributed by atoms with Gasteiger partial charge in [0.1, 0.15) is 0 Å². The SMILES string of the molecule is CCCCc1ccc(C(=O)OCC(C)CC)cc1. The molecule has 0 aromatic heterocycles. The van der Waals surface area contributed by atoms with Crippen LogP contribution in [0.2, 0.25) is 0 Å². The number of esters is 1. The quantitative estimate of drug-likeness (QED) is 0.675. The molecule has 1 rings (SSSR count). The third-order valence-electron chi connectivity index (χ3n) is 3.20. The van der Waals surface area contributed by atoms with Crippen LogP contribution in [0.15, 0.2) is 24.3 Å². The first-order chi connectivity index (χ1) is 8.67. The van der Waals surface area contributed by atoms with Crippen LogP contribution in [0.4, 0.5) is 0 Å². The lowest BCUT2D eigenvalue weighted by Gasteiger charge is -2.09. The summed E-state index contributed by atoms with van der Waals surface area (Å²) in [5.41, 5.74) is 1.94. The third kappa shape index (κ3) is 4.91. The summed E-state index contributed by atoms with van der Waals surface area (Å²) in [7, 11) is 0. The summed E-state index contributed by atoms with van der Waals surface area (Å²) in [6, 6.07) is 7.78. The summed E-state index contributed by atoms with van der Waals surface area (Å²) in [4.78, 5) is 11.8. The number of carbonyl (C=O) groups excluding carboxylic acids is 1. The van der Waals surface area contributed by atoms with Crippen LogP contribution in [0.5, 0.6) is 0 Å². The van der Waals surface area contributed by atoms with Crippen LogP contribution in [-0.4, -0.2) is 12.6 Å². The molecule has 0 bridgehead atoms. The van der Waals surface area contributed by atoms with E-state index in [1.54, 1.807) is 0 Å². The molecule has 0 fully saturated rings. The van der Waals surface area contributed by atoms with Crippen LogP contribution < -0.4 is 0 Å². The highest BCUT2D eigenvalue weighted by atomic mass is 16.5. The van der Waals surface area contributed by atoms with Crippen LogP contribution in [-0.2, 0) is 11.2 Å². The zero-order chi connectivity index (χ0) is 13.4. The van der Waals surface area contributed by atoms with E-state index in [2.05, 4.69) is 20.8 Å². The second-order valence-corrected chi connectivity index (χ2v) is 4.91. The summed E-state index contributed by atoms with van der Waals surface area (Å²) in [6.45, 7) is 6.87. The van der Waals surface area contributed by atoms with Gasteiger partial charge >= 0.3 is 5.97 Å². The van der Waals surface area contributed by atoms with E-state index in [1.807, 2.05) is 24.3 Å². The number of aryl methyl sites for hydroxylation is 1. The van der Waals surface area contributed by atoms with Crippen molar-refractivity contribution in [3.05, 3.63) is 35.4 Å². The molecule has 0 spiro atoms. The first-order valence-corrected chi connectivity index (χ1v) is 6.93. The summed E-state index contributed by atoms with van der Waals surface area (Å²) in [5, 5.41) is 0. The average Bonchev–Trinajstić information content (AvgIpc) is 2.42. The predicted molar refractivity (Wildman–Crippen MR) is 74.8 cm³/mol. The normalized spacial score (nSPS) is 12.2. The molecule has 100 valence electrons. The fraction of sp³-hybridized carbons (Fsp3) is 0.562. The van der Waals surface area contributed by atoms with Gasteiger partial charge in [-0.2, -0.15) is 0 Å². The molecule has 18 heavy (non-hydrogen) atoms. The van der Waals surface area contributed by atoms with Crippen molar-refractivity contribution in [2.24, 2.45) is 5.92 Å².